The first kappa shape index (κ1) is 19.8. The van der Waals surface area contributed by atoms with Crippen molar-refractivity contribution in [1.82, 2.24) is 10.2 Å². The van der Waals surface area contributed by atoms with Crippen molar-refractivity contribution in [2.45, 2.75) is 94.2 Å². The van der Waals surface area contributed by atoms with Crippen LogP contribution in [0.1, 0.15) is 70.6 Å². The maximum atomic E-state index is 12.3. The summed E-state index contributed by atoms with van der Waals surface area (Å²) in [5.74, 6) is 0.809. The molecule has 0 aromatic heterocycles. The molecule has 0 aromatic carbocycles. The van der Waals surface area contributed by atoms with Crippen LogP contribution < -0.4 is 5.32 Å². The Bertz CT molecular complexity index is 498. The van der Waals surface area contributed by atoms with Gasteiger partial charge in [0.2, 0.25) is 0 Å². The quantitative estimate of drug-likeness (QED) is 0.531. The summed E-state index contributed by atoms with van der Waals surface area (Å²) in [5, 5.41) is 22.8. The molecule has 0 bridgehead atoms. The average molecular weight is 385 g/mol. The molecular weight excluding hydrogens is 352 g/mol. The lowest BCUT2D eigenvalue weighted by molar-refractivity contribution is -0.137. The number of aliphatic hydroxyl groups is 1. The average Bonchev–Trinajstić information content (AvgIpc) is 3.13. The largest absolute Gasteiger partial charge is 0.481 e. The standard InChI is InChI=1S/C19H32N2O4S/c22-17(9-8-13-5-2-1-3-6-13)21-16-12-14(11-15(16)20-19(21)25)26-10-4-7-18(23)24/h13-17,22H,1-12H2,(H,20,25)(H,23,24). The number of nitrogens with zero attached hydrogens (tertiary/aromatic N) is 1. The zero-order chi connectivity index (χ0) is 18.5. The fraction of sp³-hybridized carbons (Fsp3) is 0.895. The van der Waals surface area contributed by atoms with Gasteiger partial charge in [0.25, 0.3) is 0 Å². The number of carboxylic acids is 1. The van der Waals surface area contributed by atoms with Crippen LogP contribution in [0.25, 0.3) is 0 Å². The van der Waals surface area contributed by atoms with Crippen LogP contribution in [-0.4, -0.2) is 56.4 Å². The molecule has 0 aromatic rings. The molecule has 3 rings (SSSR count). The number of aliphatic hydroxyl groups excluding tert-OH is 1. The van der Waals surface area contributed by atoms with Gasteiger partial charge in [-0.05, 0) is 43.8 Å². The lowest BCUT2D eigenvalue weighted by Gasteiger charge is -2.30. The van der Waals surface area contributed by atoms with Crippen LogP contribution >= 0.6 is 11.8 Å². The van der Waals surface area contributed by atoms with Gasteiger partial charge in [-0.3, -0.25) is 9.69 Å². The summed E-state index contributed by atoms with van der Waals surface area (Å²) < 4.78 is 0. The van der Waals surface area contributed by atoms with E-state index in [9.17, 15) is 14.7 Å². The van der Waals surface area contributed by atoms with Crippen molar-refractivity contribution in [3.05, 3.63) is 0 Å². The lowest BCUT2D eigenvalue weighted by atomic mass is 9.86. The molecule has 3 fully saturated rings. The molecule has 6 nitrogen and oxygen atoms in total. The van der Waals surface area contributed by atoms with E-state index in [1.807, 2.05) is 11.8 Å². The molecule has 3 aliphatic rings. The van der Waals surface area contributed by atoms with E-state index in [0.717, 1.165) is 25.0 Å². The van der Waals surface area contributed by atoms with Gasteiger partial charge >= 0.3 is 12.0 Å². The molecule has 0 spiro atoms. The van der Waals surface area contributed by atoms with Gasteiger partial charge in [0.15, 0.2) is 0 Å². The highest BCUT2D eigenvalue weighted by Gasteiger charge is 2.48. The number of urea groups is 1. The maximum Gasteiger partial charge on any atom is 0.320 e. The maximum absolute atomic E-state index is 12.3. The minimum atomic E-state index is -0.742. The van der Waals surface area contributed by atoms with Gasteiger partial charge in [-0.2, -0.15) is 11.8 Å². The summed E-state index contributed by atoms with van der Waals surface area (Å²) in [4.78, 5) is 24.6. The van der Waals surface area contributed by atoms with E-state index >= 15 is 0 Å². The third-order valence-corrected chi connectivity index (χ3v) is 7.53. The Morgan fingerprint density at radius 3 is 2.77 bits per heavy atom. The lowest BCUT2D eigenvalue weighted by Crippen LogP contribution is -2.43. The first-order valence-electron chi connectivity index (χ1n) is 10.1. The van der Waals surface area contributed by atoms with Gasteiger partial charge < -0.3 is 15.5 Å². The second-order valence-electron chi connectivity index (χ2n) is 8.05. The molecule has 3 N–H and O–H groups in total. The van der Waals surface area contributed by atoms with E-state index in [1.54, 1.807) is 4.90 Å². The number of carbonyl (C=O) groups is 2. The van der Waals surface area contributed by atoms with Gasteiger partial charge in [-0.15, -0.1) is 0 Å². The topological polar surface area (TPSA) is 89.9 Å². The van der Waals surface area contributed by atoms with E-state index in [4.69, 9.17) is 5.11 Å². The number of fused-ring (bicyclic) bond motifs is 1. The minimum Gasteiger partial charge on any atom is -0.481 e. The number of aliphatic carboxylic acids is 1. The predicted molar refractivity (Wildman–Crippen MR) is 102 cm³/mol. The SMILES string of the molecule is O=C(O)CCCSC1CC2NC(=O)N(C(O)CCC3CCCCC3)C2C1. The summed E-state index contributed by atoms with van der Waals surface area (Å²) >= 11 is 1.81. The first-order chi connectivity index (χ1) is 12.5. The molecule has 148 valence electrons. The summed E-state index contributed by atoms with van der Waals surface area (Å²) in [6.07, 6.45) is 10.2. The summed E-state index contributed by atoms with van der Waals surface area (Å²) in [7, 11) is 0. The van der Waals surface area contributed by atoms with Crippen LogP contribution in [0.15, 0.2) is 0 Å². The van der Waals surface area contributed by atoms with Crippen LogP contribution in [0.5, 0.6) is 0 Å². The summed E-state index contributed by atoms with van der Waals surface area (Å²) in [6.45, 7) is 0. The number of carbonyl (C=O) groups excluding carboxylic acids is 1. The molecule has 26 heavy (non-hydrogen) atoms. The highest BCUT2D eigenvalue weighted by atomic mass is 32.2. The Labute approximate surface area is 160 Å². The van der Waals surface area contributed by atoms with Gasteiger partial charge in [0, 0.05) is 11.7 Å². The van der Waals surface area contributed by atoms with Crippen molar-refractivity contribution < 1.29 is 19.8 Å². The van der Waals surface area contributed by atoms with E-state index in [2.05, 4.69) is 5.32 Å². The van der Waals surface area contributed by atoms with Gasteiger partial charge in [0.1, 0.15) is 6.23 Å². The van der Waals surface area contributed by atoms with Crippen molar-refractivity contribution >= 4 is 23.8 Å². The van der Waals surface area contributed by atoms with Crippen molar-refractivity contribution in [3.8, 4) is 0 Å². The minimum absolute atomic E-state index is 0.0841. The Balaban J connectivity index is 1.44. The Morgan fingerprint density at radius 2 is 2.04 bits per heavy atom. The fourth-order valence-corrected chi connectivity index (χ4v) is 6.10. The zero-order valence-corrected chi connectivity index (χ0v) is 16.3. The molecule has 4 unspecified atom stereocenters. The van der Waals surface area contributed by atoms with E-state index in [1.165, 1.54) is 32.1 Å². The van der Waals surface area contributed by atoms with E-state index < -0.39 is 12.2 Å². The second-order valence-corrected chi connectivity index (χ2v) is 9.46. The summed E-state index contributed by atoms with van der Waals surface area (Å²) in [5.41, 5.74) is 0. The van der Waals surface area contributed by atoms with Crippen molar-refractivity contribution in [2.75, 3.05) is 5.75 Å². The number of nitrogens with one attached hydrogen (secondary N) is 1. The Kier molecular flexibility index (Phi) is 7.09. The van der Waals surface area contributed by atoms with Gasteiger partial charge in [-0.25, -0.2) is 4.79 Å². The number of hydrogen-bond donors (Lipinski definition) is 3. The highest BCUT2D eigenvalue weighted by molar-refractivity contribution is 7.99. The van der Waals surface area contributed by atoms with Crippen molar-refractivity contribution in [2.24, 2.45) is 5.92 Å². The van der Waals surface area contributed by atoms with E-state index in [-0.39, 0.29) is 24.5 Å². The molecule has 1 heterocycles. The highest BCUT2D eigenvalue weighted by Crippen LogP contribution is 2.38. The predicted octanol–water partition coefficient (Wildman–Crippen LogP) is 3.19. The molecule has 2 saturated carbocycles. The van der Waals surface area contributed by atoms with Crippen molar-refractivity contribution in [1.29, 1.82) is 0 Å². The first-order valence-corrected chi connectivity index (χ1v) is 11.2. The number of amides is 2. The number of carboxylic acid groups (broad SMARTS) is 1. The molecule has 1 aliphatic heterocycles. The monoisotopic (exact) mass is 384 g/mol. The molecule has 2 aliphatic carbocycles. The zero-order valence-electron chi connectivity index (χ0n) is 15.4. The molecule has 1 saturated heterocycles. The fourth-order valence-electron chi connectivity index (χ4n) is 4.78. The van der Waals surface area contributed by atoms with Crippen LogP contribution in [0.2, 0.25) is 0 Å². The second kappa shape index (κ2) is 9.31. The van der Waals surface area contributed by atoms with E-state index in [0.29, 0.717) is 24.0 Å². The smallest absolute Gasteiger partial charge is 0.320 e. The third-order valence-electron chi connectivity index (χ3n) is 6.15. The Morgan fingerprint density at radius 1 is 1.27 bits per heavy atom. The van der Waals surface area contributed by atoms with Crippen LogP contribution in [0, 0.1) is 5.92 Å². The normalized spacial score (nSPS) is 30.3. The van der Waals surface area contributed by atoms with Crippen LogP contribution in [-0.2, 0) is 4.79 Å². The van der Waals surface area contributed by atoms with Crippen molar-refractivity contribution in [3.63, 3.8) is 0 Å². The summed E-state index contributed by atoms with van der Waals surface area (Å²) in [6, 6.07) is 0.0927. The molecule has 7 heteroatoms. The Hall–Kier alpha value is -0.950. The van der Waals surface area contributed by atoms with Gasteiger partial charge in [-0.1, -0.05) is 32.1 Å². The number of rotatable bonds is 9. The molecule has 2 amide bonds. The third kappa shape index (κ3) is 5.06. The molecule has 0 radical (unpaired) electrons. The number of hydrogen-bond acceptors (Lipinski definition) is 4. The molecular formula is C19H32N2O4S. The molecule has 4 atom stereocenters. The van der Waals surface area contributed by atoms with Crippen LogP contribution in [0.3, 0.4) is 0 Å². The van der Waals surface area contributed by atoms with Gasteiger partial charge in [0.05, 0.1) is 12.1 Å². The van der Waals surface area contributed by atoms with Crippen LogP contribution in [0.4, 0.5) is 4.79 Å². The number of thioether (sulfide) groups is 1.